The Morgan fingerprint density at radius 3 is 2.18 bits per heavy atom. The molecule has 0 spiro atoms. The van der Waals surface area contributed by atoms with E-state index in [1.165, 1.54) is 57.8 Å². The summed E-state index contributed by atoms with van der Waals surface area (Å²) in [5, 5.41) is 0. The molecule has 0 aromatic heterocycles. The molecule has 1 aliphatic carbocycles. The number of hydrogen-bond acceptors (Lipinski definition) is 0. The molecule has 0 saturated heterocycles. The van der Waals surface area contributed by atoms with Crippen LogP contribution in [0.15, 0.2) is 12.2 Å². The molecule has 0 aromatic rings. The first-order valence-electron chi connectivity index (χ1n) is 12.2. The molecule has 0 aromatic carbocycles. The Hall–Kier alpha value is -0.470. The summed E-state index contributed by atoms with van der Waals surface area (Å²) in [6.07, 6.45) is 18.2. The van der Waals surface area contributed by atoms with Gasteiger partial charge in [0.15, 0.2) is 0 Å². The van der Waals surface area contributed by atoms with Gasteiger partial charge in [-0.15, -0.1) is 0 Å². The van der Waals surface area contributed by atoms with Crippen LogP contribution in [0.3, 0.4) is 0 Å². The van der Waals surface area contributed by atoms with Gasteiger partial charge < -0.3 is 0 Å². The van der Waals surface area contributed by atoms with Gasteiger partial charge in [0, 0.05) is 0 Å². The highest BCUT2D eigenvalue weighted by molar-refractivity contribution is 4.91. The Bertz CT molecular complexity index is 380. The van der Waals surface area contributed by atoms with Gasteiger partial charge >= 0.3 is 6.18 Å². The van der Waals surface area contributed by atoms with Gasteiger partial charge in [0.05, 0.1) is 5.92 Å². The maximum Gasteiger partial charge on any atom is 0.392 e. The van der Waals surface area contributed by atoms with Crippen molar-refractivity contribution < 1.29 is 13.2 Å². The lowest BCUT2D eigenvalue weighted by molar-refractivity contribution is -0.175. The number of halogens is 3. The van der Waals surface area contributed by atoms with E-state index in [0.29, 0.717) is 18.8 Å². The lowest BCUT2D eigenvalue weighted by Gasteiger charge is -2.22. The third-order valence-electron chi connectivity index (χ3n) is 6.63. The van der Waals surface area contributed by atoms with E-state index in [2.05, 4.69) is 19.9 Å². The first-order valence-corrected chi connectivity index (χ1v) is 12.2. The van der Waals surface area contributed by atoms with E-state index < -0.39 is 12.1 Å². The molecule has 0 nitrogen and oxygen atoms in total. The van der Waals surface area contributed by atoms with E-state index in [9.17, 15) is 13.2 Å². The van der Waals surface area contributed by atoms with Crippen LogP contribution < -0.4 is 0 Å². The van der Waals surface area contributed by atoms with Gasteiger partial charge in [0.25, 0.3) is 0 Å². The molecule has 3 heteroatoms. The number of rotatable bonds is 15. The van der Waals surface area contributed by atoms with E-state index >= 15 is 0 Å². The van der Waals surface area contributed by atoms with Crippen molar-refractivity contribution in [2.24, 2.45) is 17.8 Å². The van der Waals surface area contributed by atoms with Gasteiger partial charge in [-0.25, -0.2) is 0 Å². The average Bonchev–Trinajstić information content (AvgIpc) is 2.67. The van der Waals surface area contributed by atoms with Crippen molar-refractivity contribution in [1.29, 1.82) is 0 Å². The molecule has 0 heterocycles. The third-order valence-corrected chi connectivity index (χ3v) is 6.63. The van der Waals surface area contributed by atoms with Crippen LogP contribution in [0.5, 0.6) is 0 Å². The zero-order valence-corrected chi connectivity index (χ0v) is 18.5. The van der Waals surface area contributed by atoms with Crippen LogP contribution in [-0.4, -0.2) is 6.18 Å². The fourth-order valence-corrected chi connectivity index (χ4v) is 4.60. The number of hydrogen-bond donors (Lipinski definition) is 0. The third kappa shape index (κ3) is 12.2. The molecule has 1 fully saturated rings. The minimum absolute atomic E-state index is 0.164. The Labute approximate surface area is 172 Å². The summed E-state index contributed by atoms with van der Waals surface area (Å²) in [5.41, 5.74) is 0. The van der Waals surface area contributed by atoms with E-state index in [1.807, 2.05) is 6.08 Å². The zero-order chi connectivity index (χ0) is 20.7. The average molecular weight is 403 g/mol. The minimum Gasteiger partial charge on any atom is -0.171 e. The summed E-state index contributed by atoms with van der Waals surface area (Å²) < 4.78 is 40.0. The van der Waals surface area contributed by atoms with Crippen molar-refractivity contribution in [2.75, 3.05) is 0 Å². The van der Waals surface area contributed by atoms with Crippen LogP contribution >= 0.6 is 0 Å². The van der Waals surface area contributed by atoms with Crippen LogP contribution in [-0.2, 0) is 0 Å². The van der Waals surface area contributed by atoms with Crippen LogP contribution in [0.4, 0.5) is 13.2 Å². The lowest BCUT2D eigenvalue weighted by Crippen LogP contribution is -2.22. The van der Waals surface area contributed by atoms with Crippen molar-refractivity contribution in [2.45, 2.75) is 129 Å². The predicted octanol–water partition coefficient (Wildman–Crippen LogP) is 9.64. The SMILES string of the molecule is CCCCCCCCC(CC=CC(CC)CCCC1CCCCC1)C(F)(F)F. The summed E-state index contributed by atoms with van der Waals surface area (Å²) in [4.78, 5) is 0. The normalized spacial score (nSPS) is 18.6. The van der Waals surface area contributed by atoms with Crippen LogP contribution in [0.25, 0.3) is 0 Å². The maximum atomic E-state index is 13.3. The van der Waals surface area contributed by atoms with Gasteiger partial charge in [-0.1, -0.05) is 109 Å². The molecule has 0 N–H and O–H groups in total. The molecule has 2 unspecified atom stereocenters. The number of allylic oxidation sites excluding steroid dienone is 2. The van der Waals surface area contributed by atoms with Crippen molar-refractivity contribution in [3.63, 3.8) is 0 Å². The fourth-order valence-electron chi connectivity index (χ4n) is 4.60. The van der Waals surface area contributed by atoms with Crippen LogP contribution in [0.2, 0.25) is 0 Å². The number of unbranched alkanes of at least 4 members (excludes halogenated alkanes) is 5. The van der Waals surface area contributed by atoms with Crippen molar-refractivity contribution in [1.82, 2.24) is 0 Å². The second-order valence-corrected chi connectivity index (χ2v) is 9.06. The molecule has 28 heavy (non-hydrogen) atoms. The summed E-state index contributed by atoms with van der Waals surface area (Å²) in [7, 11) is 0. The van der Waals surface area contributed by atoms with Crippen LogP contribution in [0.1, 0.15) is 123 Å². The first-order chi connectivity index (χ1) is 13.5. The highest BCUT2D eigenvalue weighted by Crippen LogP contribution is 2.34. The molecule has 1 rings (SSSR count). The second kappa shape index (κ2) is 15.4. The predicted molar refractivity (Wildman–Crippen MR) is 116 cm³/mol. The zero-order valence-electron chi connectivity index (χ0n) is 18.5. The summed E-state index contributed by atoms with van der Waals surface area (Å²) in [6.45, 7) is 4.32. The Kier molecular flexibility index (Phi) is 14.0. The van der Waals surface area contributed by atoms with Gasteiger partial charge in [0.2, 0.25) is 0 Å². The van der Waals surface area contributed by atoms with Crippen molar-refractivity contribution in [3.8, 4) is 0 Å². The number of alkyl halides is 3. The Morgan fingerprint density at radius 1 is 0.857 bits per heavy atom. The molecule has 0 bridgehead atoms. The highest BCUT2D eigenvalue weighted by atomic mass is 19.4. The van der Waals surface area contributed by atoms with Gasteiger partial charge in [-0.2, -0.15) is 13.2 Å². The van der Waals surface area contributed by atoms with Gasteiger partial charge in [-0.05, 0) is 37.5 Å². The largest absolute Gasteiger partial charge is 0.392 e. The molecule has 0 radical (unpaired) electrons. The summed E-state index contributed by atoms with van der Waals surface area (Å²) in [6, 6.07) is 0. The Balaban J connectivity index is 2.29. The highest BCUT2D eigenvalue weighted by Gasteiger charge is 2.37. The second-order valence-electron chi connectivity index (χ2n) is 9.06. The molecule has 166 valence electrons. The van der Waals surface area contributed by atoms with E-state index in [1.54, 1.807) is 0 Å². The topological polar surface area (TPSA) is 0 Å². The van der Waals surface area contributed by atoms with Gasteiger partial charge in [-0.3, -0.25) is 0 Å². The van der Waals surface area contributed by atoms with Crippen molar-refractivity contribution in [3.05, 3.63) is 12.2 Å². The molecule has 1 saturated carbocycles. The smallest absolute Gasteiger partial charge is 0.171 e. The monoisotopic (exact) mass is 402 g/mol. The quantitative estimate of drug-likeness (QED) is 0.189. The van der Waals surface area contributed by atoms with Gasteiger partial charge in [0.1, 0.15) is 0 Å². The molecule has 2 atom stereocenters. The standard InChI is InChI=1S/C25H45F3/c1-3-5-6-7-8-12-20-24(25(26,27)28)21-14-18-22(4-2)17-13-19-23-15-10-9-11-16-23/h14,18,22-24H,3-13,15-17,19-21H2,1-2H3. The maximum absolute atomic E-state index is 13.3. The Morgan fingerprint density at radius 2 is 1.54 bits per heavy atom. The van der Waals surface area contributed by atoms with Crippen molar-refractivity contribution >= 4 is 0 Å². The van der Waals surface area contributed by atoms with Crippen LogP contribution in [0, 0.1) is 17.8 Å². The summed E-state index contributed by atoms with van der Waals surface area (Å²) in [5.74, 6) is 0.198. The lowest BCUT2D eigenvalue weighted by atomic mass is 9.84. The fraction of sp³-hybridized carbons (Fsp3) is 0.920. The van der Waals surface area contributed by atoms with E-state index in [4.69, 9.17) is 0 Å². The molecular weight excluding hydrogens is 357 g/mol. The minimum atomic E-state index is -4.06. The van der Waals surface area contributed by atoms with E-state index in [0.717, 1.165) is 38.0 Å². The molecule has 0 aliphatic heterocycles. The molecular formula is C25H45F3. The molecule has 0 amide bonds. The first kappa shape index (κ1) is 25.6. The summed E-state index contributed by atoms with van der Waals surface area (Å²) >= 11 is 0. The molecule has 1 aliphatic rings. The van der Waals surface area contributed by atoms with E-state index in [-0.39, 0.29) is 6.42 Å².